The minimum Gasteiger partial charge on any atom is -0.508 e. The number of carbonyl (C=O) groups excluding carboxylic acids is 1. The van der Waals surface area contributed by atoms with Crippen molar-refractivity contribution < 1.29 is 19.7 Å². The van der Waals surface area contributed by atoms with Crippen LogP contribution in [0.25, 0.3) is 0 Å². The third-order valence-corrected chi connectivity index (χ3v) is 5.98. The van der Waals surface area contributed by atoms with Gasteiger partial charge in [-0.3, -0.25) is 4.79 Å². The first-order valence-corrected chi connectivity index (χ1v) is 11.1. The zero-order valence-electron chi connectivity index (χ0n) is 18.9. The van der Waals surface area contributed by atoms with Gasteiger partial charge in [0, 0.05) is 29.6 Å². The quantitative estimate of drug-likeness (QED) is 0.413. The highest BCUT2D eigenvalue weighted by atomic mass is 16.5. The van der Waals surface area contributed by atoms with Crippen LogP contribution < -0.4 is 15.4 Å². The van der Waals surface area contributed by atoms with Crippen LogP contribution in [-0.4, -0.2) is 34.8 Å². The number of hydrogen-bond acceptors (Lipinski definition) is 5. The van der Waals surface area contributed by atoms with Crippen LogP contribution in [-0.2, 0) is 4.79 Å². The van der Waals surface area contributed by atoms with E-state index in [0.717, 1.165) is 6.42 Å². The number of carbonyl (C=O) groups is 1. The lowest BCUT2D eigenvalue weighted by Crippen LogP contribution is -2.43. The van der Waals surface area contributed by atoms with Crippen molar-refractivity contribution in [2.45, 2.75) is 37.8 Å². The third-order valence-electron chi connectivity index (χ3n) is 5.98. The smallest absolute Gasteiger partial charge is 0.262 e. The summed E-state index contributed by atoms with van der Waals surface area (Å²) in [7, 11) is 0. The minimum absolute atomic E-state index is 0.0407. The molecule has 4 N–H and O–H groups in total. The second kappa shape index (κ2) is 9.65. The van der Waals surface area contributed by atoms with Gasteiger partial charge in [-0.15, -0.1) is 0 Å². The molecule has 1 aliphatic heterocycles. The number of phenolic OH excluding ortho intramolecular Hbond substituents is 1. The Morgan fingerprint density at radius 1 is 1.03 bits per heavy atom. The number of ether oxygens (including phenoxy) is 1. The topological polar surface area (TPSA) is 90.8 Å². The molecule has 3 aromatic rings. The Morgan fingerprint density at radius 3 is 2.24 bits per heavy atom. The number of aliphatic hydroxyl groups is 1. The zero-order chi connectivity index (χ0) is 23.4. The Kier molecular flexibility index (Phi) is 6.67. The maximum Gasteiger partial charge on any atom is 0.262 e. The van der Waals surface area contributed by atoms with Gasteiger partial charge in [-0.25, -0.2) is 0 Å². The molecule has 6 nitrogen and oxygen atoms in total. The Hall–Kier alpha value is -3.35. The van der Waals surface area contributed by atoms with E-state index >= 15 is 0 Å². The van der Waals surface area contributed by atoms with Crippen molar-refractivity contribution in [2.75, 3.05) is 18.5 Å². The standard InChI is InChI=1S/C27H30N2O4/c1-27(2,15-22(18-9-5-3-6-10-18)19-11-7-4-8-12-19)28-16-24(31)21-13-20(30)14-23-26(21)33-17-25(32)29-23/h3-14,22,24,28,30-31H,15-17H2,1-2H3,(H,29,32). The summed E-state index contributed by atoms with van der Waals surface area (Å²) in [6, 6.07) is 23.7. The van der Waals surface area contributed by atoms with E-state index in [1.807, 2.05) is 12.1 Å². The molecule has 1 heterocycles. The fourth-order valence-electron chi connectivity index (χ4n) is 4.33. The number of benzene rings is 3. The molecule has 1 unspecified atom stereocenters. The van der Waals surface area contributed by atoms with Crippen LogP contribution in [0.15, 0.2) is 72.8 Å². The van der Waals surface area contributed by atoms with Crippen LogP contribution in [0.1, 0.15) is 49.0 Å². The maximum atomic E-state index is 11.6. The van der Waals surface area contributed by atoms with Gasteiger partial charge >= 0.3 is 0 Å². The van der Waals surface area contributed by atoms with Gasteiger partial charge in [0.2, 0.25) is 0 Å². The summed E-state index contributed by atoms with van der Waals surface area (Å²) < 4.78 is 5.54. The van der Waals surface area contributed by atoms with Crippen molar-refractivity contribution in [3.63, 3.8) is 0 Å². The van der Waals surface area contributed by atoms with Crippen molar-refractivity contribution >= 4 is 11.6 Å². The zero-order valence-corrected chi connectivity index (χ0v) is 18.9. The highest BCUT2D eigenvalue weighted by Crippen LogP contribution is 2.39. The van der Waals surface area contributed by atoms with E-state index in [0.29, 0.717) is 17.0 Å². The molecule has 0 saturated carbocycles. The normalized spacial score (nSPS) is 14.4. The summed E-state index contributed by atoms with van der Waals surface area (Å²) in [5.41, 5.74) is 2.99. The summed E-state index contributed by atoms with van der Waals surface area (Å²) in [5.74, 6) is 0.256. The molecule has 1 atom stereocenters. The molecular weight excluding hydrogens is 416 g/mol. The fourth-order valence-corrected chi connectivity index (χ4v) is 4.33. The number of β-amino-alcohol motifs (C(OH)–C–C–N with tert-alkyl or cyclic N) is 1. The van der Waals surface area contributed by atoms with E-state index in [1.165, 1.54) is 23.3 Å². The molecule has 33 heavy (non-hydrogen) atoms. The number of rotatable bonds is 8. The van der Waals surface area contributed by atoms with Gasteiger partial charge in [-0.05, 0) is 37.5 Å². The molecule has 4 rings (SSSR count). The van der Waals surface area contributed by atoms with E-state index in [1.54, 1.807) is 0 Å². The molecule has 0 spiro atoms. The second-order valence-electron chi connectivity index (χ2n) is 9.11. The van der Waals surface area contributed by atoms with Gasteiger partial charge in [0.05, 0.1) is 11.8 Å². The summed E-state index contributed by atoms with van der Waals surface area (Å²) in [4.78, 5) is 11.6. The van der Waals surface area contributed by atoms with E-state index in [-0.39, 0.29) is 36.3 Å². The number of aromatic hydroxyl groups is 1. The summed E-state index contributed by atoms with van der Waals surface area (Å²) in [6.45, 7) is 4.38. The molecular formula is C27H30N2O4. The monoisotopic (exact) mass is 446 g/mol. The van der Waals surface area contributed by atoms with Crippen LogP contribution in [0.3, 0.4) is 0 Å². The molecule has 0 bridgehead atoms. The molecule has 0 fully saturated rings. The van der Waals surface area contributed by atoms with Gasteiger partial charge in [-0.2, -0.15) is 0 Å². The summed E-state index contributed by atoms with van der Waals surface area (Å²) >= 11 is 0. The van der Waals surface area contributed by atoms with Crippen molar-refractivity contribution in [1.29, 1.82) is 0 Å². The van der Waals surface area contributed by atoms with Crippen LogP contribution in [0.2, 0.25) is 0 Å². The largest absolute Gasteiger partial charge is 0.508 e. The number of amides is 1. The maximum absolute atomic E-state index is 11.6. The summed E-state index contributed by atoms with van der Waals surface area (Å²) in [6.07, 6.45) is -0.106. The van der Waals surface area contributed by atoms with Gasteiger partial charge in [0.15, 0.2) is 6.61 Å². The predicted octanol–water partition coefficient (Wildman–Crippen LogP) is 4.35. The molecule has 6 heteroatoms. The number of nitrogens with one attached hydrogen (secondary N) is 2. The average molecular weight is 447 g/mol. The highest BCUT2D eigenvalue weighted by Gasteiger charge is 2.28. The first-order valence-electron chi connectivity index (χ1n) is 11.1. The minimum atomic E-state index is -0.924. The SMILES string of the molecule is CC(C)(CC(c1ccccc1)c1ccccc1)NCC(O)c1cc(O)cc2c1OCC(=O)N2. The Bertz CT molecular complexity index is 1060. The Labute approximate surface area is 194 Å². The van der Waals surface area contributed by atoms with Gasteiger partial charge in [0.25, 0.3) is 5.91 Å². The van der Waals surface area contributed by atoms with Gasteiger partial charge in [-0.1, -0.05) is 60.7 Å². The van der Waals surface area contributed by atoms with E-state index < -0.39 is 6.10 Å². The molecule has 0 saturated heterocycles. The average Bonchev–Trinajstić information content (AvgIpc) is 2.81. The van der Waals surface area contributed by atoms with E-state index in [9.17, 15) is 15.0 Å². The molecule has 1 aliphatic rings. The van der Waals surface area contributed by atoms with Crippen LogP contribution >= 0.6 is 0 Å². The highest BCUT2D eigenvalue weighted by molar-refractivity contribution is 5.96. The molecule has 3 aromatic carbocycles. The Morgan fingerprint density at radius 2 is 1.64 bits per heavy atom. The molecule has 172 valence electrons. The number of anilines is 1. The molecule has 0 aliphatic carbocycles. The Balaban J connectivity index is 1.50. The van der Waals surface area contributed by atoms with Gasteiger partial charge in [0.1, 0.15) is 11.5 Å². The lowest BCUT2D eigenvalue weighted by molar-refractivity contribution is -0.118. The molecule has 0 aromatic heterocycles. The molecule has 1 amide bonds. The number of phenols is 1. The summed E-state index contributed by atoms with van der Waals surface area (Å²) in [5, 5.41) is 27.2. The molecule has 0 radical (unpaired) electrons. The van der Waals surface area contributed by atoms with E-state index in [2.05, 4.69) is 73.0 Å². The van der Waals surface area contributed by atoms with Crippen molar-refractivity contribution in [3.05, 3.63) is 89.5 Å². The predicted molar refractivity (Wildman–Crippen MR) is 129 cm³/mol. The van der Waals surface area contributed by atoms with Gasteiger partial charge < -0.3 is 25.6 Å². The lowest BCUT2D eigenvalue weighted by Gasteiger charge is -2.33. The van der Waals surface area contributed by atoms with E-state index in [4.69, 9.17) is 4.74 Å². The number of fused-ring (bicyclic) bond motifs is 1. The van der Waals surface area contributed by atoms with Crippen LogP contribution in [0.5, 0.6) is 11.5 Å². The lowest BCUT2D eigenvalue weighted by atomic mass is 9.81. The first-order chi connectivity index (χ1) is 15.8. The third kappa shape index (κ3) is 5.53. The van der Waals surface area contributed by atoms with Crippen molar-refractivity contribution in [1.82, 2.24) is 5.32 Å². The first kappa shape index (κ1) is 22.8. The second-order valence-corrected chi connectivity index (χ2v) is 9.11. The van der Waals surface area contributed by atoms with Crippen LogP contribution in [0.4, 0.5) is 5.69 Å². The van der Waals surface area contributed by atoms with Crippen molar-refractivity contribution in [3.8, 4) is 11.5 Å². The fraction of sp³-hybridized carbons (Fsp3) is 0.296. The number of aliphatic hydroxyl groups excluding tert-OH is 1. The van der Waals surface area contributed by atoms with Crippen molar-refractivity contribution in [2.24, 2.45) is 0 Å². The number of hydrogen-bond donors (Lipinski definition) is 4. The van der Waals surface area contributed by atoms with Crippen LogP contribution in [0, 0.1) is 0 Å².